The third kappa shape index (κ3) is 9.88. The molecule has 0 saturated carbocycles. The zero-order valence-electron chi connectivity index (χ0n) is 10.7. The molecule has 1 atom stereocenters. The fourth-order valence-corrected chi connectivity index (χ4v) is 0.946. The number of ether oxygens (including phenoxy) is 1. The molecule has 108 valence electrons. The van der Waals surface area contributed by atoms with Gasteiger partial charge < -0.3 is 15.2 Å². The summed E-state index contributed by atoms with van der Waals surface area (Å²) in [5.41, 5.74) is 0. The van der Waals surface area contributed by atoms with Gasteiger partial charge in [0.1, 0.15) is 6.04 Å². The molecule has 0 aliphatic heterocycles. The van der Waals surface area contributed by atoms with E-state index in [0.29, 0.717) is 5.92 Å². The maximum absolute atomic E-state index is 11.0. The van der Waals surface area contributed by atoms with Gasteiger partial charge in [0.25, 0.3) is 0 Å². The van der Waals surface area contributed by atoms with E-state index >= 15 is 0 Å². The first kappa shape index (κ1) is 19.0. The van der Waals surface area contributed by atoms with E-state index in [0.717, 1.165) is 6.42 Å². The van der Waals surface area contributed by atoms with Crippen LogP contribution in [-0.2, 0) is 14.3 Å². The van der Waals surface area contributed by atoms with Crippen LogP contribution in [-0.4, -0.2) is 43.4 Å². The SMILES string of the molecule is CN[C@@H](CC(C)C)C(=O)OC.O=C(O)C(F)(F)F. The van der Waals surface area contributed by atoms with E-state index in [4.69, 9.17) is 9.90 Å². The second-order valence-corrected chi connectivity index (χ2v) is 3.80. The Bertz CT molecular complexity index is 266. The lowest BCUT2D eigenvalue weighted by Crippen LogP contribution is -2.36. The van der Waals surface area contributed by atoms with Crippen LogP contribution in [0.25, 0.3) is 0 Å². The summed E-state index contributed by atoms with van der Waals surface area (Å²) in [7, 11) is 3.18. The van der Waals surface area contributed by atoms with E-state index in [1.54, 1.807) is 7.05 Å². The zero-order chi connectivity index (χ0) is 14.9. The van der Waals surface area contributed by atoms with Crippen molar-refractivity contribution in [2.45, 2.75) is 32.5 Å². The van der Waals surface area contributed by atoms with Crippen molar-refractivity contribution in [2.75, 3.05) is 14.2 Å². The number of halogens is 3. The quantitative estimate of drug-likeness (QED) is 0.758. The van der Waals surface area contributed by atoms with Crippen LogP contribution >= 0.6 is 0 Å². The van der Waals surface area contributed by atoms with Gasteiger partial charge in [0.2, 0.25) is 0 Å². The number of methoxy groups -OCH3 is 1. The third-order valence-electron chi connectivity index (χ3n) is 1.78. The van der Waals surface area contributed by atoms with Crippen molar-refractivity contribution < 1.29 is 32.6 Å². The lowest BCUT2D eigenvalue weighted by molar-refractivity contribution is -0.192. The summed E-state index contributed by atoms with van der Waals surface area (Å²) in [6.45, 7) is 4.15. The van der Waals surface area contributed by atoms with Crippen molar-refractivity contribution in [3.05, 3.63) is 0 Å². The summed E-state index contributed by atoms with van der Waals surface area (Å²) >= 11 is 0. The highest BCUT2D eigenvalue weighted by molar-refractivity contribution is 5.75. The van der Waals surface area contributed by atoms with Gasteiger partial charge in [-0.05, 0) is 19.4 Å². The molecule has 18 heavy (non-hydrogen) atoms. The average molecular weight is 273 g/mol. The highest BCUT2D eigenvalue weighted by Crippen LogP contribution is 2.13. The Morgan fingerprint density at radius 1 is 1.33 bits per heavy atom. The van der Waals surface area contributed by atoms with Crippen LogP contribution in [0, 0.1) is 5.92 Å². The van der Waals surface area contributed by atoms with Gasteiger partial charge in [-0.3, -0.25) is 4.79 Å². The number of carboxylic acid groups (broad SMARTS) is 1. The zero-order valence-corrected chi connectivity index (χ0v) is 10.7. The summed E-state index contributed by atoms with van der Waals surface area (Å²) in [5, 5.41) is 10.0. The average Bonchev–Trinajstić information content (AvgIpc) is 2.24. The minimum atomic E-state index is -5.08. The van der Waals surface area contributed by atoms with Gasteiger partial charge >= 0.3 is 18.1 Å². The number of carboxylic acids is 1. The summed E-state index contributed by atoms with van der Waals surface area (Å²) in [6.07, 6.45) is -4.26. The molecule has 5 nitrogen and oxygen atoms in total. The monoisotopic (exact) mass is 273 g/mol. The molecule has 0 aliphatic carbocycles. The summed E-state index contributed by atoms with van der Waals surface area (Å²) in [6, 6.07) is -0.153. The van der Waals surface area contributed by atoms with Crippen LogP contribution in [0.2, 0.25) is 0 Å². The van der Waals surface area contributed by atoms with Crippen molar-refractivity contribution in [1.29, 1.82) is 0 Å². The largest absolute Gasteiger partial charge is 0.490 e. The Labute approximate surface area is 103 Å². The number of rotatable bonds is 4. The lowest BCUT2D eigenvalue weighted by Gasteiger charge is -2.15. The first-order valence-corrected chi connectivity index (χ1v) is 5.11. The molecule has 0 amide bonds. The number of carbonyl (C=O) groups is 2. The van der Waals surface area contributed by atoms with Crippen LogP contribution < -0.4 is 5.32 Å². The van der Waals surface area contributed by atoms with E-state index in [1.165, 1.54) is 7.11 Å². The molecule has 0 fully saturated rings. The number of esters is 1. The molecule has 0 saturated heterocycles. The van der Waals surface area contributed by atoms with Gasteiger partial charge in [-0.25, -0.2) is 4.79 Å². The van der Waals surface area contributed by atoms with Crippen molar-refractivity contribution in [3.8, 4) is 0 Å². The second kappa shape index (κ2) is 8.73. The van der Waals surface area contributed by atoms with E-state index < -0.39 is 12.1 Å². The Morgan fingerprint density at radius 3 is 1.89 bits per heavy atom. The minimum absolute atomic E-state index is 0.153. The number of likely N-dealkylation sites (N-methyl/N-ethyl adjacent to an activating group) is 1. The second-order valence-electron chi connectivity index (χ2n) is 3.80. The van der Waals surface area contributed by atoms with Crippen molar-refractivity contribution in [1.82, 2.24) is 5.32 Å². The minimum Gasteiger partial charge on any atom is -0.475 e. The lowest BCUT2D eigenvalue weighted by atomic mass is 10.0. The van der Waals surface area contributed by atoms with E-state index in [9.17, 15) is 18.0 Å². The van der Waals surface area contributed by atoms with Crippen LogP contribution in [0.4, 0.5) is 13.2 Å². The number of alkyl halides is 3. The van der Waals surface area contributed by atoms with Gasteiger partial charge in [0.15, 0.2) is 0 Å². The summed E-state index contributed by atoms with van der Waals surface area (Å²) in [4.78, 5) is 19.9. The molecular formula is C10H18F3NO4. The summed E-state index contributed by atoms with van der Waals surface area (Å²) in [5.74, 6) is -2.43. The molecule has 0 radical (unpaired) electrons. The van der Waals surface area contributed by atoms with Gasteiger partial charge in [0.05, 0.1) is 7.11 Å². The normalized spacial score (nSPS) is 12.4. The number of nitrogens with one attached hydrogen (secondary N) is 1. The first-order valence-electron chi connectivity index (χ1n) is 5.11. The first-order chi connectivity index (χ1) is 8.06. The molecule has 0 heterocycles. The van der Waals surface area contributed by atoms with Gasteiger partial charge in [-0.15, -0.1) is 0 Å². The van der Waals surface area contributed by atoms with Gasteiger partial charge in [-0.1, -0.05) is 13.8 Å². The fourth-order valence-electron chi connectivity index (χ4n) is 0.946. The van der Waals surface area contributed by atoms with Crippen LogP contribution in [0.15, 0.2) is 0 Å². The molecule has 0 rings (SSSR count). The molecule has 0 bridgehead atoms. The molecule has 0 aromatic heterocycles. The van der Waals surface area contributed by atoms with E-state index in [2.05, 4.69) is 23.9 Å². The maximum atomic E-state index is 11.0. The highest BCUT2D eigenvalue weighted by atomic mass is 19.4. The van der Waals surface area contributed by atoms with Crippen molar-refractivity contribution in [3.63, 3.8) is 0 Å². The Kier molecular flexibility index (Phi) is 9.24. The molecule has 0 aromatic carbocycles. The van der Waals surface area contributed by atoms with E-state index in [1.807, 2.05) is 0 Å². The van der Waals surface area contributed by atoms with E-state index in [-0.39, 0.29) is 12.0 Å². The van der Waals surface area contributed by atoms with Crippen LogP contribution in [0.1, 0.15) is 20.3 Å². The predicted molar refractivity (Wildman–Crippen MR) is 58.0 cm³/mol. The van der Waals surface area contributed by atoms with Crippen LogP contribution in [0.3, 0.4) is 0 Å². The Hall–Kier alpha value is -1.31. The van der Waals surface area contributed by atoms with Gasteiger partial charge in [-0.2, -0.15) is 13.2 Å². The molecular weight excluding hydrogens is 255 g/mol. The fraction of sp³-hybridized carbons (Fsp3) is 0.800. The molecule has 2 N–H and O–H groups in total. The molecule has 0 aromatic rings. The number of aliphatic carboxylic acids is 1. The third-order valence-corrected chi connectivity index (χ3v) is 1.78. The smallest absolute Gasteiger partial charge is 0.475 e. The highest BCUT2D eigenvalue weighted by Gasteiger charge is 2.38. The molecule has 0 unspecified atom stereocenters. The standard InChI is InChI=1S/C8H17NO2.C2HF3O2/c1-6(2)5-7(9-3)8(10)11-4;3-2(4,5)1(6)7/h6-7,9H,5H2,1-4H3;(H,6,7)/t7-;/m0./s1. The van der Waals surface area contributed by atoms with Crippen molar-refractivity contribution in [2.24, 2.45) is 5.92 Å². The molecule has 0 spiro atoms. The maximum Gasteiger partial charge on any atom is 0.490 e. The Balaban J connectivity index is 0. The predicted octanol–water partition coefficient (Wildman–Crippen LogP) is 1.43. The summed E-state index contributed by atoms with van der Waals surface area (Å²) < 4.78 is 36.3. The number of hydrogen-bond acceptors (Lipinski definition) is 4. The molecule has 8 heteroatoms. The molecule has 0 aliphatic rings. The Morgan fingerprint density at radius 2 is 1.72 bits per heavy atom. The van der Waals surface area contributed by atoms with Gasteiger partial charge in [0, 0.05) is 0 Å². The number of carbonyl (C=O) groups excluding carboxylic acids is 1. The topological polar surface area (TPSA) is 75.6 Å². The van der Waals surface area contributed by atoms with Crippen molar-refractivity contribution >= 4 is 11.9 Å². The number of hydrogen-bond donors (Lipinski definition) is 2. The van der Waals surface area contributed by atoms with Crippen LogP contribution in [0.5, 0.6) is 0 Å².